The van der Waals surface area contributed by atoms with E-state index >= 15 is 0 Å². The number of carbonyl (C=O) groups is 2. The fourth-order valence-corrected chi connectivity index (χ4v) is 2.78. The van der Waals surface area contributed by atoms with Gasteiger partial charge in [-0.15, -0.1) is 0 Å². The molecule has 5 heteroatoms. The van der Waals surface area contributed by atoms with E-state index in [9.17, 15) is 9.59 Å². The van der Waals surface area contributed by atoms with Crippen LogP contribution in [0.1, 0.15) is 43.4 Å². The Labute approximate surface area is 131 Å². The summed E-state index contributed by atoms with van der Waals surface area (Å²) >= 11 is 0. The Bertz CT molecular complexity index is 544. The summed E-state index contributed by atoms with van der Waals surface area (Å²) in [7, 11) is 1.33. The first kappa shape index (κ1) is 16.5. The van der Waals surface area contributed by atoms with E-state index in [0.29, 0.717) is 6.42 Å². The molecule has 1 heterocycles. The highest BCUT2D eigenvalue weighted by Gasteiger charge is 2.25. The number of nitrogens with one attached hydrogen (secondary N) is 1. The van der Waals surface area contributed by atoms with E-state index in [1.54, 1.807) is 0 Å². The second-order valence-corrected chi connectivity index (χ2v) is 5.97. The largest absolute Gasteiger partial charge is 0.467 e. The number of rotatable bonds is 1. The molecule has 0 fully saturated rings. The van der Waals surface area contributed by atoms with E-state index in [1.807, 2.05) is 31.2 Å². The number of nitrogens with two attached hydrogens (primary N) is 1. The Hall–Kier alpha value is -1.88. The van der Waals surface area contributed by atoms with Crippen LogP contribution in [0.15, 0.2) is 24.3 Å². The zero-order valence-electron chi connectivity index (χ0n) is 13.2. The van der Waals surface area contributed by atoms with Crippen molar-refractivity contribution in [1.82, 2.24) is 5.32 Å². The van der Waals surface area contributed by atoms with Crippen LogP contribution in [-0.4, -0.2) is 25.0 Å². The van der Waals surface area contributed by atoms with Crippen LogP contribution in [0.5, 0.6) is 0 Å². The minimum absolute atomic E-state index is 0.0359. The third-order valence-corrected chi connectivity index (χ3v) is 4.22. The van der Waals surface area contributed by atoms with Crippen molar-refractivity contribution in [2.45, 2.75) is 44.7 Å². The highest BCUT2D eigenvalue weighted by molar-refractivity contribution is 5.85. The summed E-state index contributed by atoms with van der Waals surface area (Å²) in [6.07, 6.45) is 2.89. The van der Waals surface area contributed by atoms with E-state index in [4.69, 9.17) is 10.5 Å². The van der Waals surface area contributed by atoms with Crippen molar-refractivity contribution in [1.29, 1.82) is 0 Å². The van der Waals surface area contributed by atoms with Crippen LogP contribution in [0, 0.1) is 5.92 Å². The van der Waals surface area contributed by atoms with Crippen LogP contribution >= 0.6 is 0 Å². The number of amides is 1. The Balaban J connectivity index is 2.30. The first-order chi connectivity index (χ1) is 10.5. The summed E-state index contributed by atoms with van der Waals surface area (Å²) in [4.78, 5) is 24.2. The molecule has 3 atom stereocenters. The molecule has 0 spiro atoms. The quantitative estimate of drug-likeness (QED) is 0.774. The molecule has 1 aromatic carbocycles. The van der Waals surface area contributed by atoms with Gasteiger partial charge in [0.05, 0.1) is 7.11 Å². The summed E-state index contributed by atoms with van der Waals surface area (Å²) in [6.45, 7) is 1.88. The fraction of sp³-hybridized carbons (Fsp3) is 0.529. The Kier molecular flexibility index (Phi) is 5.55. The van der Waals surface area contributed by atoms with Gasteiger partial charge in [-0.1, -0.05) is 37.6 Å². The molecule has 0 saturated heterocycles. The SMILES string of the molecule is COC(=O)C1Cc2cccc(c2)[C@@H](N)CCC[C@@H](C)C(=O)N1. The van der Waals surface area contributed by atoms with Crippen molar-refractivity contribution in [2.24, 2.45) is 11.7 Å². The van der Waals surface area contributed by atoms with E-state index in [-0.39, 0.29) is 17.9 Å². The van der Waals surface area contributed by atoms with Gasteiger partial charge in [0.25, 0.3) is 0 Å². The number of esters is 1. The normalized spacial score (nSPS) is 26.3. The highest BCUT2D eigenvalue weighted by Crippen LogP contribution is 2.21. The average Bonchev–Trinajstić information content (AvgIpc) is 2.52. The molecule has 0 aromatic heterocycles. The van der Waals surface area contributed by atoms with Crippen molar-refractivity contribution in [2.75, 3.05) is 7.11 Å². The number of hydrogen-bond donors (Lipinski definition) is 2. The Morgan fingerprint density at radius 3 is 2.86 bits per heavy atom. The summed E-state index contributed by atoms with van der Waals surface area (Å²) in [5.74, 6) is -0.676. The maximum absolute atomic E-state index is 12.2. The maximum atomic E-state index is 12.2. The Morgan fingerprint density at radius 1 is 1.36 bits per heavy atom. The molecule has 2 rings (SSSR count). The molecular weight excluding hydrogens is 280 g/mol. The molecule has 0 radical (unpaired) electrons. The van der Waals surface area contributed by atoms with Crippen molar-refractivity contribution < 1.29 is 14.3 Å². The lowest BCUT2D eigenvalue weighted by atomic mass is 9.93. The zero-order chi connectivity index (χ0) is 16.1. The lowest BCUT2D eigenvalue weighted by Gasteiger charge is -2.22. The number of hydrogen-bond acceptors (Lipinski definition) is 4. The standard InChI is InChI=1S/C17H24N2O3/c1-11-5-3-8-14(18)13-7-4-6-12(9-13)10-15(17(21)22-2)19-16(11)20/h4,6-7,9,11,14-15H,3,5,8,10,18H2,1-2H3,(H,19,20)/t11-,14+,15?/m1/s1. The highest BCUT2D eigenvalue weighted by atomic mass is 16.5. The number of methoxy groups -OCH3 is 1. The monoisotopic (exact) mass is 304 g/mol. The third kappa shape index (κ3) is 4.07. The molecule has 0 aliphatic carbocycles. The van der Waals surface area contributed by atoms with Crippen LogP contribution in [0.3, 0.4) is 0 Å². The van der Waals surface area contributed by atoms with Gasteiger partial charge < -0.3 is 15.8 Å². The number of benzene rings is 1. The lowest BCUT2D eigenvalue weighted by molar-refractivity contribution is -0.145. The first-order valence-electron chi connectivity index (χ1n) is 7.74. The third-order valence-electron chi connectivity index (χ3n) is 4.22. The van der Waals surface area contributed by atoms with E-state index in [2.05, 4.69) is 5.32 Å². The number of fused-ring (bicyclic) bond motifs is 2. The zero-order valence-corrected chi connectivity index (χ0v) is 13.2. The van der Waals surface area contributed by atoms with Gasteiger partial charge in [0.1, 0.15) is 6.04 Å². The van der Waals surface area contributed by atoms with E-state index in [0.717, 1.165) is 30.4 Å². The molecule has 0 saturated carbocycles. The van der Waals surface area contributed by atoms with Crippen molar-refractivity contribution >= 4 is 11.9 Å². The van der Waals surface area contributed by atoms with Gasteiger partial charge in [0.2, 0.25) is 5.91 Å². The van der Waals surface area contributed by atoms with E-state index in [1.165, 1.54) is 7.11 Å². The number of carbonyl (C=O) groups excluding carboxylic acids is 2. The summed E-state index contributed by atoms with van der Waals surface area (Å²) < 4.78 is 4.81. The van der Waals surface area contributed by atoms with Crippen LogP contribution in [-0.2, 0) is 20.7 Å². The van der Waals surface area contributed by atoms with Crippen molar-refractivity contribution in [3.8, 4) is 0 Å². The molecule has 1 aliphatic rings. The summed E-state index contributed by atoms with van der Waals surface area (Å²) in [5.41, 5.74) is 8.27. The average molecular weight is 304 g/mol. The molecule has 2 bridgehead atoms. The first-order valence-corrected chi connectivity index (χ1v) is 7.74. The predicted octanol–water partition coefficient (Wildman–Crippen LogP) is 1.71. The molecule has 22 heavy (non-hydrogen) atoms. The maximum Gasteiger partial charge on any atom is 0.328 e. The summed E-state index contributed by atoms with van der Waals surface area (Å²) in [6, 6.07) is 7.20. The molecule has 120 valence electrons. The molecule has 3 N–H and O–H groups in total. The molecule has 1 aliphatic heterocycles. The van der Waals surface area contributed by atoms with Crippen LogP contribution in [0.2, 0.25) is 0 Å². The Morgan fingerprint density at radius 2 is 2.14 bits per heavy atom. The van der Waals surface area contributed by atoms with Crippen molar-refractivity contribution in [3.63, 3.8) is 0 Å². The van der Waals surface area contributed by atoms with Gasteiger partial charge in [-0.05, 0) is 24.0 Å². The van der Waals surface area contributed by atoms with Crippen LogP contribution in [0.4, 0.5) is 0 Å². The predicted molar refractivity (Wildman–Crippen MR) is 84.0 cm³/mol. The van der Waals surface area contributed by atoms with Gasteiger partial charge in [-0.3, -0.25) is 4.79 Å². The molecule has 1 unspecified atom stereocenters. The van der Waals surface area contributed by atoms with Gasteiger partial charge in [-0.2, -0.15) is 0 Å². The number of ether oxygens (including phenoxy) is 1. The smallest absolute Gasteiger partial charge is 0.328 e. The second-order valence-electron chi connectivity index (χ2n) is 5.97. The van der Waals surface area contributed by atoms with Gasteiger partial charge in [0.15, 0.2) is 0 Å². The topological polar surface area (TPSA) is 81.4 Å². The minimum atomic E-state index is -0.661. The van der Waals surface area contributed by atoms with Crippen molar-refractivity contribution in [3.05, 3.63) is 35.4 Å². The lowest BCUT2D eigenvalue weighted by Crippen LogP contribution is -2.45. The summed E-state index contributed by atoms with van der Waals surface area (Å²) in [5, 5.41) is 2.81. The van der Waals surface area contributed by atoms with Crippen LogP contribution < -0.4 is 11.1 Å². The van der Waals surface area contributed by atoms with Gasteiger partial charge in [-0.25, -0.2) is 4.79 Å². The van der Waals surface area contributed by atoms with Crippen LogP contribution in [0.25, 0.3) is 0 Å². The molecule has 1 amide bonds. The van der Waals surface area contributed by atoms with Gasteiger partial charge >= 0.3 is 5.97 Å². The minimum Gasteiger partial charge on any atom is -0.467 e. The molecule has 5 nitrogen and oxygen atoms in total. The van der Waals surface area contributed by atoms with E-state index < -0.39 is 12.0 Å². The molecular formula is C17H24N2O3. The molecule has 1 aromatic rings. The van der Waals surface area contributed by atoms with Gasteiger partial charge in [0, 0.05) is 18.4 Å². The fourth-order valence-electron chi connectivity index (χ4n) is 2.78. The second kappa shape index (κ2) is 7.40.